The second-order valence-electron chi connectivity index (χ2n) is 5.86. The molecule has 0 aromatic heterocycles. The van der Waals surface area contributed by atoms with E-state index in [1.165, 1.54) is 32.1 Å². The Morgan fingerprint density at radius 1 is 0.889 bits per heavy atom. The highest BCUT2D eigenvalue weighted by Crippen LogP contribution is 2.18. The fourth-order valence-electron chi connectivity index (χ4n) is 2.24. The van der Waals surface area contributed by atoms with E-state index in [-0.39, 0.29) is 11.6 Å². The van der Waals surface area contributed by atoms with E-state index in [0.717, 1.165) is 25.7 Å². The molecule has 2 heteroatoms. The quantitative estimate of drug-likeness (QED) is 0.373. The summed E-state index contributed by atoms with van der Waals surface area (Å²) in [6.45, 7) is 8.35. The minimum atomic E-state index is -0.285. The van der Waals surface area contributed by atoms with Crippen molar-refractivity contribution >= 4 is 5.97 Å². The van der Waals surface area contributed by atoms with E-state index in [0.29, 0.717) is 6.42 Å². The molecule has 0 spiro atoms. The lowest BCUT2D eigenvalue weighted by atomic mass is 10.0. The number of rotatable bonds is 11. The minimum Gasteiger partial charge on any atom is -0.460 e. The van der Waals surface area contributed by atoms with Crippen LogP contribution in [0.5, 0.6) is 0 Å². The third-order valence-corrected chi connectivity index (χ3v) is 3.23. The van der Waals surface area contributed by atoms with E-state index in [1.54, 1.807) is 0 Å². The summed E-state index contributed by atoms with van der Waals surface area (Å²) < 4.78 is 5.48. The van der Waals surface area contributed by atoms with Crippen LogP contribution in [0.2, 0.25) is 0 Å². The van der Waals surface area contributed by atoms with Gasteiger partial charge >= 0.3 is 5.97 Å². The summed E-state index contributed by atoms with van der Waals surface area (Å²) >= 11 is 0. The van der Waals surface area contributed by atoms with Gasteiger partial charge in [0, 0.05) is 6.42 Å². The maximum atomic E-state index is 11.6. The molecular weight excluding hydrogens is 224 g/mol. The Morgan fingerprint density at radius 2 is 1.44 bits per heavy atom. The van der Waals surface area contributed by atoms with Crippen LogP contribution in [0.15, 0.2) is 0 Å². The van der Waals surface area contributed by atoms with E-state index < -0.39 is 0 Å². The number of carbonyl (C=O) groups excluding carboxylic acids is 1. The normalized spacial score (nSPS) is 11.6. The van der Waals surface area contributed by atoms with Crippen LogP contribution < -0.4 is 0 Å². The SMILES string of the molecule is CCCCCCCCCC(=O)OC(C)(C)CCC. The zero-order valence-electron chi connectivity index (χ0n) is 12.9. The summed E-state index contributed by atoms with van der Waals surface area (Å²) in [5, 5.41) is 0. The molecule has 0 amide bonds. The summed E-state index contributed by atoms with van der Waals surface area (Å²) in [4.78, 5) is 11.6. The van der Waals surface area contributed by atoms with Crippen LogP contribution in [0, 0.1) is 0 Å². The molecule has 0 radical (unpaired) electrons. The Kier molecular flexibility index (Phi) is 10.1. The molecule has 0 aromatic rings. The van der Waals surface area contributed by atoms with E-state index in [1.807, 2.05) is 13.8 Å². The molecule has 18 heavy (non-hydrogen) atoms. The molecule has 0 aliphatic carbocycles. The van der Waals surface area contributed by atoms with Crippen LogP contribution >= 0.6 is 0 Å². The zero-order valence-corrected chi connectivity index (χ0v) is 12.9. The fourth-order valence-corrected chi connectivity index (χ4v) is 2.24. The van der Waals surface area contributed by atoms with Gasteiger partial charge in [-0.25, -0.2) is 0 Å². The molecule has 108 valence electrons. The Bertz CT molecular complexity index is 209. The number of unbranched alkanes of at least 4 members (excludes halogenated alkanes) is 6. The number of ether oxygens (including phenoxy) is 1. The molecule has 0 aliphatic heterocycles. The third kappa shape index (κ3) is 10.6. The smallest absolute Gasteiger partial charge is 0.306 e. The van der Waals surface area contributed by atoms with Gasteiger partial charge in [-0.05, 0) is 26.7 Å². The summed E-state index contributed by atoms with van der Waals surface area (Å²) in [7, 11) is 0. The second-order valence-corrected chi connectivity index (χ2v) is 5.86. The molecule has 0 bridgehead atoms. The van der Waals surface area contributed by atoms with Gasteiger partial charge in [0.05, 0.1) is 0 Å². The second kappa shape index (κ2) is 10.4. The van der Waals surface area contributed by atoms with Crippen molar-refractivity contribution in [3.05, 3.63) is 0 Å². The van der Waals surface area contributed by atoms with Crippen LogP contribution in [0.4, 0.5) is 0 Å². The van der Waals surface area contributed by atoms with Gasteiger partial charge in [0.15, 0.2) is 0 Å². The number of hydrogen-bond donors (Lipinski definition) is 0. The molecule has 0 N–H and O–H groups in total. The average Bonchev–Trinajstić information content (AvgIpc) is 2.27. The monoisotopic (exact) mass is 256 g/mol. The van der Waals surface area contributed by atoms with Crippen molar-refractivity contribution in [3.8, 4) is 0 Å². The molecule has 0 saturated heterocycles. The zero-order chi connectivity index (χ0) is 13.9. The van der Waals surface area contributed by atoms with Gasteiger partial charge in [0.25, 0.3) is 0 Å². The first-order chi connectivity index (χ1) is 8.52. The van der Waals surface area contributed by atoms with Crippen LogP contribution in [-0.4, -0.2) is 11.6 Å². The highest BCUT2D eigenvalue weighted by molar-refractivity contribution is 5.69. The van der Waals surface area contributed by atoms with Gasteiger partial charge in [-0.1, -0.05) is 58.8 Å². The molecule has 0 saturated carbocycles. The molecule has 0 rings (SSSR count). The van der Waals surface area contributed by atoms with Crippen molar-refractivity contribution in [2.24, 2.45) is 0 Å². The minimum absolute atomic E-state index is 0.0259. The maximum Gasteiger partial charge on any atom is 0.306 e. The number of esters is 1. The number of carbonyl (C=O) groups is 1. The lowest BCUT2D eigenvalue weighted by Gasteiger charge is -2.24. The summed E-state index contributed by atoms with van der Waals surface area (Å²) in [6.07, 6.45) is 11.3. The van der Waals surface area contributed by atoms with E-state index in [9.17, 15) is 4.79 Å². The largest absolute Gasteiger partial charge is 0.460 e. The van der Waals surface area contributed by atoms with Crippen molar-refractivity contribution < 1.29 is 9.53 Å². The van der Waals surface area contributed by atoms with Gasteiger partial charge in [0.1, 0.15) is 5.60 Å². The topological polar surface area (TPSA) is 26.3 Å². The first-order valence-electron chi connectivity index (χ1n) is 7.73. The summed E-state index contributed by atoms with van der Waals surface area (Å²) in [6, 6.07) is 0. The molecule has 0 atom stereocenters. The Hall–Kier alpha value is -0.530. The van der Waals surface area contributed by atoms with Crippen LogP contribution in [0.25, 0.3) is 0 Å². The van der Waals surface area contributed by atoms with Gasteiger partial charge in [0.2, 0.25) is 0 Å². The van der Waals surface area contributed by atoms with Gasteiger partial charge in [-0.15, -0.1) is 0 Å². The predicted octanol–water partition coefficient (Wildman–Crippen LogP) is 5.25. The van der Waals surface area contributed by atoms with Gasteiger partial charge in [-0.3, -0.25) is 4.79 Å². The molecule has 0 fully saturated rings. The molecular formula is C16H32O2. The van der Waals surface area contributed by atoms with Gasteiger partial charge < -0.3 is 4.74 Å². The Morgan fingerprint density at radius 3 is 2.00 bits per heavy atom. The van der Waals surface area contributed by atoms with Crippen molar-refractivity contribution in [2.75, 3.05) is 0 Å². The first-order valence-corrected chi connectivity index (χ1v) is 7.73. The standard InChI is InChI=1S/C16H32O2/c1-5-7-8-9-10-11-12-13-15(17)18-16(3,4)14-6-2/h5-14H2,1-4H3. The van der Waals surface area contributed by atoms with Crippen molar-refractivity contribution in [3.63, 3.8) is 0 Å². The van der Waals surface area contributed by atoms with Crippen molar-refractivity contribution in [2.45, 2.75) is 97.5 Å². The Labute approximate surface area is 113 Å². The molecule has 0 aliphatic rings. The molecule has 0 aromatic carbocycles. The third-order valence-electron chi connectivity index (χ3n) is 3.23. The predicted molar refractivity (Wildman–Crippen MR) is 77.7 cm³/mol. The first kappa shape index (κ1) is 17.5. The van der Waals surface area contributed by atoms with Gasteiger partial charge in [-0.2, -0.15) is 0 Å². The molecule has 2 nitrogen and oxygen atoms in total. The maximum absolute atomic E-state index is 11.6. The molecule has 0 heterocycles. The van der Waals surface area contributed by atoms with Crippen LogP contribution in [0.1, 0.15) is 91.9 Å². The van der Waals surface area contributed by atoms with Crippen LogP contribution in [0.3, 0.4) is 0 Å². The number of hydrogen-bond acceptors (Lipinski definition) is 2. The van der Waals surface area contributed by atoms with Crippen molar-refractivity contribution in [1.82, 2.24) is 0 Å². The Balaban J connectivity index is 3.48. The summed E-state index contributed by atoms with van der Waals surface area (Å²) in [5.74, 6) is -0.0259. The lowest BCUT2D eigenvalue weighted by molar-refractivity contribution is -0.157. The van der Waals surface area contributed by atoms with E-state index >= 15 is 0 Å². The summed E-state index contributed by atoms with van der Waals surface area (Å²) in [5.41, 5.74) is -0.285. The van der Waals surface area contributed by atoms with Crippen LogP contribution in [-0.2, 0) is 9.53 Å². The van der Waals surface area contributed by atoms with E-state index in [2.05, 4.69) is 13.8 Å². The highest BCUT2D eigenvalue weighted by atomic mass is 16.6. The van der Waals surface area contributed by atoms with Crippen molar-refractivity contribution in [1.29, 1.82) is 0 Å². The molecule has 0 unspecified atom stereocenters. The highest BCUT2D eigenvalue weighted by Gasteiger charge is 2.21. The lowest BCUT2D eigenvalue weighted by Crippen LogP contribution is -2.27. The van der Waals surface area contributed by atoms with E-state index in [4.69, 9.17) is 4.74 Å². The average molecular weight is 256 g/mol. The fraction of sp³-hybridized carbons (Fsp3) is 0.938.